The Kier molecular flexibility index (Phi) is 5.16. The minimum Gasteiger partial charge on any atom is -0.444 e. The number of piperidine rings is 2. The molecule has 2 aromatic rings. The van der Waals surface area contributed by atoms with Crippen LogP contribution in [0.25, 0.3) is 11.1 Å². The van der Waals surface area contributed by atoms with Gasteiger partial charge in [-0.05, 0) is 62.8 Å². The van der Waals surface area contributed by atoms with Crippen LogP contribution in [0.5, 0.6) is 0 Å². The molecule has 2 unspecified atom stereocenters. The Labute approximate surface area is 173 Å². The molecule has 29 heavy (non-hydrogen) atoms. The molecule has 2 aliphatic rings. The summed E-state index contributed by atoms with van der Waals surface area (Å²) in [6.45, 7) is 5.70. The van der Waals surface area contributed by atoms with E-state index in [-0.39, 0.29) is 18.2 Å². The largest absolute Gasteiger partial charge is 0.444 e. The first-order chi connectivity index (χ1) is 13.8. The van der Waals surface area contributed by atoms with Gasteiger partial charge in [0, 0.05) is 24.9 Å². The van der Waals surface area contributed by atoms with E-state index in [1.807, 2.05) is 56.0 Å². The molecule has 2 heterocycles. The number of aliphatic hydroxyl groups is 1. The monoisotopic (exact) mass is 393 g/mol. The van der Waals surface area contributed by atoms with Gasteiger partial charge in [-0.25, -0.2) is 4.79 Å². The van der Waals surface area contributed by atoms with Crippen LogP contribution in [0, 0.1) is 0 Å². The van der Waals surface area contributed by atoms with Crippen molar-refractivity contribution in [3.63, 3.8) is 0 Å². The molecule has 2 aliphatic heterocycles. The topological polar surface area (TPSA) is 49.8 Å². The van der Waals surface area contributed by atoms with E-state index in [9.17, 15) is 9.90 Å². The third-order valence-corrected chi connectivity index (χ3v) is 6.12. The molecule has 0 aliphatic carbocycles. The van der Waals surface area contributed by atoms with Crippen molar-refractivity contribution in [3.05, 3.63) is 60.2 Å². The van der Waals surface area contributed by atoms with Crippen LogP contribution in [0.3, 0.4) is 0 Å². The highest BCUT2D eigenvalue weighted by atomic mass is 16.6. The van der Waals surface area contributed by atoms with E-state index in [4.69, 9.17) is 4.74 Å². The van der Waals surface area contributed by atoms with Crippen LogP contribution in [-0.4, -0.2) is 33.8 Å². The third kappa shape index (κ3) is 4.18. The highest BCUT2D eigenvalue weighted by molar-refractivity contribution is 5.70. The van der Waals surface area contributed by atoms with Gasteiger partial charge in [0.1, 0.15) is 5.60 Å². The lowest BCUT2D eigenvalue weighted by atomic mass is 9.72. The zero-order valence-corrected chi connectivity index (χ0v) is 17.6. The number of amides is 1. The summed E-state index contributed by atoms with van der Waals surface area (Å²) in [5, 5.41) is 11.7. The smallest absolute Gasteiger partial charge is 0.410 e. The summed E-state index contributed by atoms with van der Waals surface area (Å²) in [4.78, 5) is 14.7. The average molecular weight is 394 g/mol. The summed E-state index contributed by atoms with van der Waals surface area (Å²) in [6, 6.07) is 18.5. The van der Waals surface area contributed by atoms with Gasteiger partial charge >= 0.3 is 6.09 Å². The fourth-order valence-corrected chi connectivity index (χ4v) is 4.90. The van der Waals surface area contributed by atoms with E-state index in [1.54, 1.807) is 0 Å². The maximum Gasteiger partial charge on any atom is 0.410 e. The molecule has 154 valence electrons. The lowest BCUT2D eigenvalue weighted by Gasteiger charge is -2.52. The number of hydrogen-bond acceptors (Lipinski definition) is 3. The van der Waals surface area contributed by atoms with Crippen molar-refractivity contribution >= 4 is 6.09 Å². The number of ether oxygens (including phenoxy) is 1. The Morgan fingerprint density at radius 2 is 1.62 bits per heavy atom. The Hall–Kier alpha value is -2.33. The van der Waals surface area contributed by atoms with E-state index >= 15 is 0 Å². The highest BCUT2D eigenvalue weighted by Crippen LogP contribution is 2.45. The second kappa shape index (κ2) is 7.49. The van der Waals surface area contributed by atoms with Crippen molar-refractivity contribution in [2.45, 2.75) is 76.2 Å². The van der Waals surface area contributed by atoms with E-state index in [0.29, 0.717) is 12.8 Å². The van der Waals surface area contributed by atoms with Gasteiger partial charge in [0.05, 0.1) is 5.60 Å². The Bertz CT molecular complexity index is 857. The van der Waals surface area contributed by atoms with Gasteiger partial charge in [0.25, 0.3) is 0 Å². The SMILES string of the molecule is CC(C)(C)OC(=O)N1C2CCCC1CC(O)(c1cccc(-c3ccccc3)c1)C2. The molecule has 4 heteroatoms. The van der Waals surface area contributed by atoms with Gasteiger partial charge in [-0.1, -0.05) is 48.5 Å². The Morgan fingerprint density at radius 3 is 2.24 bits per heavy atom. The molecule has 0 aromatic heterocycles. The number of hydrogen-bond donors (Lipinski definition) is 1. The lowest BCUT2D eigenvalue weighted by Crippen LogP contribution is -2.59. The second-order valence-electron chi connectivity index (χ2n) is 9.51. The molecule has 0 radical (unpaired) electrons. The molecule has 0 spiro atoms. The summed E-state index contributed by atoms with van der Waals surface area (Å²) in [5.41, 5.74) is 1.77. The fraction of sp³-hybridized carbons (Fsp3) is 0.480. The molecule has 4 rings (SSSR count). The van der Waals surface area contributed by atoms with Gasteiger partial charge in [-0.15, -0.1) is 0 Å². The molecule has 1 N–H and O–H groups in total. The number of carbonyl (C=O) groups is 1. The zero-order valence-electron chi connectivity index (χ0n) is 17.6. The summed E-state index contributed by atoms with van der Waals surface area (Å²) in [6.07, 6.45) is 3.79. The van der Waals surface area contributed by atoms with Crippen molar-refractivity contribution in [2.75, 3.05) is 0 Å². The molecule has 2 atom stereocenters. The second-order valence-corrected chi connectivity index (χ2v) is 9.51. The van der Waals surface area contributed by atoms with Gasteiger partial charge in [0.15, 0.2) is 0 Å². The van der Waals surface area contributed by atoms with Crippen LogP contribution in [0.2, 0.25) is 0 Å². The average Bonchev–Trinajstić information content (AvgIpc) is 2.67. The minimum atomic E-state index is -0.918. The van der Waals surface area contributed by atoms with Crippen molar-refractivity contribution in [1.29, 1.82) is 0 Å². The van der Waals surface area contributed by atoms with Crippen molar-refractivity contribution in [2.24, 2.45) is 0 Å². The summed E-state index contributed by atoms with van der Waals surface area (Å²) in [7, 11) is 0. The van der Waals surface area contributed by atoms with Crippen LogP contribution < -0.4 is 0 Å². The van der Waals surface area contributed by atoms with E-state index in [2.05, 4.69) is 24.3 Å². The van der Waals surface area contributed by atoms with Crippen molar-refractivity contribution < 1.29 is 14.6 Å². The van der Waals surface area contributed by atoms with Crippen LogP contribution in [0.4, 0.5) is 4.79 Å². The molecule has 2 fully saturated rings. The highest BCUT2D eigenvalue weighted by Gasteiger charge is 2.49. The standard InChI is InChI=1S/C25H31NO3/c1-24(2,3)29-23(27)26-21-13-8-14-22(26)17-25(28,16-21)20-12-7-11-19(15-20)18-9-5-4-6-10-18/h4-7,9-12,15,21-22,28H,8,13-14,16-17H2,1-3H3. The molecule has 0 saturated carbocycles. The first kappa shape index (κ1) is 20.0. The molecule has 2 aromatic carbocycles. The number of nitrogens with zero attached hydrogens (tertiary/aromatic N) is 1. The maximum absolute atomic E-state index is 12.8. The molecule has 2 saturated heterocycles. The van der Waals surface area contributed by atoms with Crippen LogP contribution in [0.15, 0.2) is 54.6 Å². The normalized spacial score (nSPS) is 26.8. The Balaban J connectivity index is 1.60. The van der Waals surface area contributed by atoms with E-state index in [1.165, 1.54) is 0 Å². The van der Waals surface area contributed by atoms with Crippen LogP contribution >= 0.6 is 0 Å². The number of rotatable bonds is 2. The van der Waals surface area contributed by atoms with Crippen LogP contribution in [-0.2, 0) is 10.3 Å². The molecule has 2 bridgehead atoms. The van der Waals surface area contributed by atoms with Gasteiger partial charge in [-0.2, -0.15) is 0 Å². The van der Waals surface area contributed by atoms with Gasteiger partial charge in [-0.3, -0.25) is 0 Å². The van der Waals surface area contributed by atoms with Crippen molar-refractivity contribution in [1.82, 2.24) is 4.90 Å². The van der Waals surface area contributed by atoms with Gasteiger partial charge in [0.2, 0.25) is 0 Å². The third-order valence-electron chi connectivity index (χ3n) is 6.12. The van der Waals surface area contributed by atoms with Crippen LogP contribution in [0.1, 0.15) is 58.4 Å². The number of benzene rings is 2. The quantitative estimate of drug-likeness (QED) is 0.734. The number of carbonyl (C=O) groups excluding carboxylic acids is 1. The summed E-state index contributed by atoms with van der Waals surface area (Å²) < 4.78 is 5.67. The predicted octanol–water partition coefficient (Wildman–Crippen LogP) is 5.49. The first-order valence-corrected chi connectivity index (χ1v) is 10.6. The molecular formula is C25H31NO3. The number of fused-ring (bicyclic) bond motifs is 2. The summed E-state index contributed by atoms with van der Waals surface area (Å²) in [5.74, 6) is 0. The fourth-order valence-electron chi connectivity index (χ4n) is 4.90. The van der Waals surface area contributed by atoms with Gasteiger partial charge < -0.3 is 14.7 Å². The van der Waals surface area contributed by atoms with Crippen molar-refractivity contribution in [3.8, 4) is 11.1 Å². The van der Waals surface area contributed by atoms with E-state index in [0.717, 1.165) is 36.0 Å². The summed E-state index contributed by atoms with van der Waals surface area (Å²) >= 11 is 0. The molecular weight excluding hydrogens is 362 g/mol. The molecule has 4 nitrogen and oxygen atoms in total. The maximum atomic E-state index is 12.8. The minimum absolute atomic E-state index is 0.0164. The Morgan fingerprint density at radius 1 is 1.00 bits per heavy atom. The first-order valence-electron chi connectivity index (χ1n) is 10.6. The lowest BCUT2D eigenvalue weighted by molar-refractivity contribution is -0.0965. The zero-order chi connectivity index (χ0) is 20.6. The predicted molar refractivity (Wildman–Crippen MR) is 115 cm³/mol. The van der Waals surface area contributed by atoms with E-state index < -0.39 is 11.2 Å². The molecule has 1 amide bonds.